The van der Waals surface area contributed by atoms with Crippen LogP contribution in [0.15, 0.2) is 33.8 Å². The average Bonchev–Trinajstić information content (AvgIpc) is 3.18. The SMILES string of the molecule is CN(C)c1cc2ncoc2c2c1C(C)(C)[C@@]1(C)C[C@@]3(C)CC(=O)C(C(N)=O)=C(O)C3C(=O)C1=C2O. The Labute approximate surface area is 202 Å². The molecular formula is C26H29N3O6. The van der Waals surface area contributed by atoms with Gasteiger partial charge in [-0.2, -0.15) is 0 Å². The van der Waals surface area contributed by atoms with E-state index in [1.54, 1.807) is 6.92 Å². The summed E-state index contributed by atoms with van der Waals surface area (Å²) in [5.41, 5.74) is 5.33. The van der Waals surface area contributed by atoms with Crippen LogP contribution >= 0.6 is 0 Å². The Balaban J connectivity index is 1.89. The molecule has 0 spiro atoms. The molecule has 0 aliphatic heterocycles. The summed E-state index contributed by atoms with van der Waals surface area (Å²) in [6.45, 7) is 7.72. The number of Topliss-reactive ketones (excluding diaryl/α,β-unsaturated/α-hetero) is 2. The highest BCUT2D eigenvalue weighted by Crippen LogP contribution is 2.67. The van der Waals surface area contributed by atoms with Crippen LogP contribution in [0.4, 0.5) is 5.69 Å². The monoisotopic (exact) mass is 479 g/mol. The number of hydrogen-bond acceptors (Lipinski definition) is 8. The molecule has 4 N–H and O–H groups in total. The van der Waals surface area contributed by atoms with Gasteiger partial charge in [0.25, 0.3) is 5.91 Å². The summed E-state index contributed by atoms with van der Waals surface area (Å²) in [5.74, 6) is -4.18. The Morgan fingerprint density at radius 1 is 1.20 bits per heavy atom. The lowest BCUT2D eigenvalue weighted by Gasteiger charge is -2.59. The summed E-state index contributed by atoms with van der Waals surface area (Å²) in [6, 6.07) is 1.90. The van der Waals surface area contributed by atoms with Gasteiger partial charge >= 0.3 is 0 Å². The van der Waals surface area contributed by atoms with Crippen molar-refractivity contribution < 1.29 is 29.0 Å². The average molecular weight is 480 g/mol. The predicted molar refractivity (Wildman–Crippen MR) is 129 cm³/mol. The molecule has 5 rings (SSSR count). The van der Waals surface area contributed by atoms with E-state index in [2.05, 4.69) is 4.98 Å². The number of nitrogens with two attached hydrogens (primary N) is 1. The molecule has 3 aliphatic rings. The van der Waals surface area contributed by atoms with Gasteiger partial charge in [-0.25, -0.2) is 4.98 Å². The Morgan fingerprint density at radius 2 is 1.86 bits per heavy atom. The standard InChI is InChI=1S/C26H29N3O6/c1-24(2)16-12(29(5)6)7-11-22(35-10-28-11)15(16)20(32)18-21(33)17-19(31)14(23(27)34)13(30)8-25(17,3)9-26(18,24)4/h7,10,17,31-32H,8-9H2,1-6H3,(H2,27,34)/t17?,25-,26+/m1/s1. The van der Waals surface area contributed by atoms with Crippen molar-refractivity contribution in [3.8, 4) is 0 Å². The van der Waals surface area contributed by atoms with E-state index in [4.69, 9.17) is 10.2 Å². The van der Waals surface area contributed by atoms with Gasteiger partial charge in [0.15, 0.2) is 23.5 Å². The van der Waals surface area contributed by atoms with Crippen LogP contribution in [0.1, 0.15) is 51.7 Å². The topological polar surface area (TPSA) is 147 Å². The Morgan fingerprint density at radius 3 is 2.46 bits per heavy atom. The van der Waals surface area contributed by atoms with E-state index < -0.39 is 51.0 Å². The molecule has 9 nitrogen and oxygen atoms in total. The maximum absolute atomic E-state index is 14.2. The van der Waals surface area contributed by atoms with Crippen molar-refractivity contribution in [1.82, 2.24) is 4.98 Å². The zero-order valence-corrected chi connectivity index (χ0v) is 20.6. The zero-order chi connectivity index (χ0) is 25.8. The van der Waals surface area contributed by atoms with Crippen LogP contribution in [0, 0.1) is 16.7 Å². The third-order valence-corrected chi connectivity index (χ3v) is 8.70. The number of aliphatic hydroxyl groups is 2. The lowest BCUT2D eigenvalue weighted by Crippen LogP contribution is -2.58. The number of allylic oxidation sites excluding steroid dienone is 2. The van der Waals surface area contributed by atoms with E-state index in [0.717, 1.165) is 11.3 Å². The second-order valence-electron chi connectivity index (χ2n) is 11.3. The first kappa shape index (κ1) is 23.1. The van der Waals surface area contributed by atoms with Crippen molar-refractivity contribution in [3.05, 3.63) is 40.5 Å². The molecule has 35 heavy (non-hydrogen) atoms. The van der Waals surface area contributed by atoms with Crippen LogP contribution in [0.2, 0.25) is 0 Å². The first-order valence-electron chi connectivity index (χ1n) is 11.5. The summed E-state index contributed by atoms with van der Waals surface area (Å²) >= 11 is 0. The quantitative estimate of drug-likeness (QED) is 0.556. The fourth-order valence-electron chi connectivity index (χ4n) is 6.87. The van der Waals surface area contributed by atoms with E-state index in [-0.39, 0.29) is 17.8 Å². The number of aromatic nitrogens is 1. The Bertz CT molecular complexity index is 1430. The van der Waals surface area contributed by atoms with E-state index in [9.17, 15) is 24.6 Å². The molecule has 3 atom stereocenters. The van der Waals surface area contributed by atoms with E-state index >= 15 is 0 Å². The van der Waals surface area contributed by atoms with Crippen LogP contribution in [-0.4, -0.2) is 46.8 Å². The van der Waals surface area contributed by atoms with Crippen LogP contribution in [0.3, 0.4) is 0 Å². The number of rotatable bonds is 2. The zero-order valence-electron chi connectivity index (χ0n) is 20.6. The highest BCUT2D eigenvalue weighted by atomic mass is 16.3. The number of carbonyl (C=O) groups is 3. The first-order chi connectivity index (χ1) is 16.2. The van der Waals surface area contributed by atoms with Crippen molar-refractivity contribution in [2.24, 2.45) is 22.5 Å². The summed E-state index contributed by atoms with van der Waals surface area (Å²) in [5, 5.41) is 22.7. The van der Waals surface area contributed by atoms with Gasteiger partial charge in [0.1, 0.15) is 22.6 Å². The fourth-order valence-corrected chi connectivity index (χ4v) is 6.87. The minimum absolute atomic E-state index is 0.111. The molecule has 2 aromatic rings. The van der Waals surface area contributed by atoms with Crippen LogP contribution in [0.5, 0.6) is 0 Å². The minimum Gasteiger partial charge on any atom is -0.511 e. The Hall–Kier alpha value is -3.62. The van der Waals surface area contributed by atoms with Crippen LogP contribution in [-0.2, 0) is 19.8 Å². The number of anilines is 1. The van der Waals surface area contributed by atoms with Gasteiger partial charge in [0, 0.05) is 42.6 Å². The van der Waals surface area contributed by atoms with Crippen molar-refractivity contribution in [3.63, 3.8) is 0 Å². The highest BCUT2D eigenvalue weighted by molar-refractivity contribution is 6.22. The normalized spacial score (nSPS) is 29.7. The number of primary amides is 1. The predicted octanol–water partition coefficient (Wildman–Crippen LogP) is 3.33. The number of fused-ring (bicyclic) bond motifs is 5. The second-order valence-corrected chi connectivity index (χ2v) is 11.3. The van der Waals surface area contributed by atoms with Crippen molar-refractivity contribution in [2.75, 3.05) is 19.0 Å². The van der Waals surface area contributed by atoms with Crippen molar-refractivity contribution in [2.45, 2.75) is 46.0 Å². The first-order valence-corrected chi connectivity index (χ1v) is 11.5. The molecule has 1 fully saturated rings. The highest BCUT2D eigenvalue weighted by Gasteiger charge is 2.65. The van der Waals surface area contributed by atoms with E-state index in [0.29, 0.717) is 23.1 Å². The van der Waals surface area contributed by atoms with Crippen LogP contribution < -0.4 is 10.6 Å². The van der Waals surface area contributed by atoms with Crippen molar-refractivity contribution in [1.29, 1.82) is 0 Å². The number of aliphatic hydroxyl groups excluding tert-OH is 2. The minimum atomic E-state index is -1.17. The smallest absolute Gasteiger partial charge is 0.255 e. The summed E-state index contributed by atoms with van der Waals surface area (Å²) in [7, 11) is 3.79. The largest absolute Gasteiger partial charge is 0.511 e. The molecule has 0 bridgehead atoms. The molecule has 1 amide bonds. The lowest BCUT2D eigenvalue weighted by molar-refractivity contribution is -0.136. The van der Waals surface area contributed by atoms with E-state index in [1.165, 1.54) is 6.39 Å². The summed E-state index contributed by atoms with van der Waals surface area (Å²) in [6.07, 6.45) is 1.49. The number of ketones is 2. The number of benzene rings is 1. The van der Waals surface area contributed by atoms with Gasteiger partial charge in [0.05, 0.1) is 11.5 Å². The maximum Gasteiger partial charge on any atom is 0.255 e. The summed E-state index contributed by atoms with van der Waals surface area (Å²) in [4.78, 5) is 45.1. The second kappa shape index (κ2) is 6.74. The molecule has 0 saturated heterocycles. The number of nitrogens with zero attached hydrogens (tertiary/aromatic N) is 2. The fraction of sp³-hybridized carbons (Fsp3) is 0.462. The lowest BCUT2D eigenvalue weighted by atomic mass is 9.43. The number of hydrogen-bond donors (Lipinski definition) is 3. The molecule has 1 heterocycles. The molecule has 1 saturated carbocycles. The molecule has 3 aliphatic carbocycles. The van der Waals surface area contributed by atoms with Gasteiger partial charge < -0.3 is 25.3 Å². The Kier molecular flexibility index (Phi) is 4.45. The van der Waals surface area contributed by atoms with Gasteiger partial charge in [-0.1, -0.05) is 27.7 Å². The molecule has 1 unspecified atom stereocenters. The van der Waals surface area contributed by atoms with E-state index in [1.807, 2.05) is 45.8 Å². The van der Waals surface area contributed by atoms with Gasteiger partial charge in [0.2, 0.25) is 0 Å². The molecule has 184 valence electrons. The summed E-state index contributed by atoms with van der Waals surface area (Å²) < 4.78 is 5.67. The molecular weight excluding hydrogens is 450 g/mol. The van der Waals surface area contributed by atoms with Gasteiger partial charge in [-0.05, 0) is 23.5 Å². The molecule has 1 aromatic carbocycles. The van der Waals surface area contributed by atoms with Crippen LogP contribution in [0.25, 0.3) is 16.9 Å². The molecule has 1 aromatic heterocycles. The van der Waals surface area contributed by atoms with Crippen molar-refractivity contribution >= 4 is 40.0 Å². The molecule has 0 radical (unpaired) electrons. The van der Waals surface area contributed by atoms with Gasteiger partial charge in [-0.15, -0.1) is 0 Å². The third-order valence-electron chi connectivity index (χ3n) is 8.70. The molecule has 9 heteroatoms. The van der Waals surface area contributed by atoms with Gasteiger partial charge in [-0.3, -0.25) is 14.4 Å². The number of carbonyl (C=O) groups excluding carboxylic acids is 3. The number of oxazole rings is 1. The maximum atomic E-state index is 14.2. The third kappa shape index (κ3) is 2.63. The number of amides is 1.